The van der Waals surface area contributed by atoms with Crippen molar-refractivity contribution in [2.45, 2.75) is 18.9 Å². The van der Waals surface area contributed by atoms with Crippen LogP contribution in [0.5, 0.6) is 0 Å². The number of hydrogen-bond donors (Lipinski definition) is 0. The van der Waals surface area contributed by atoms with E-state index in [4.69, 9.17) is 0 Å². The molecule has 1 heterocycles. The summed E-state index contributed by atoms with van der Waals surface area (Å²) in [5, 5.41) is 0. The Kier molecular flexibility index (Phi) is 3.88. The third-order valence-corrected chi connectivity index (χ3v) is 3.56. The summed E-state index contributed by atoms with van der Waals surface area (Å²) in [6.45, 7) is 0.916. The van der Waals surface area contributed by atoms with E-state index in [1.54, 1.807) is 11.8 Å². The summed E-state index contributed by atoms with van der Waals surface area (Å²) in [4.78, 5) is 14.0. The van der Waals surface area contributed by atoms with Crippen molar-refractivity contribution in [3.8, 4) is 0 Å². The van der Waals surface area contributed by atoms with Gasteiger partial charge < -0.3 is 4.90 Å². The number of thioether (sulfide) groups is 1. The van der Waals surface area contributed by atoms with Crippen molar-refractivity contribution in [3.05, 3.63) is 35.9 Å². The van der Waals surface area contributed by atoms with Gasteiger partial charge in [-0.15, -0.1) is 0 Å². The Morgan fingerprint density at radius 2 is 2.19 bits per heavy atom. The molecule has 3 heteroatoms. The Bertz CT molecular complexity index is 352. The Morgan fingerprint density at radius 1 is 1.44 bits per heavy atom. The van der Waals surface area contributed by atoms with Gasteiger partial charge in [0.05, 0.1) is 11.8 Å². The number of benzene rings is 1. The lowest BCUT2D eigenvalue weighted by Gasteiger charge is -2.24. The highest BCUT2D eigenvalue weighted by Crippen LogP contribution is 2.31. The van der Waals surface area contributed by atoms with E-state index in [1.807, 2.05) is 29.4 Å². The van der Waals surface area contributed by atoms with Gasteiger partial charge in [-0.3, -0.25) is 4.79 Å². The lowest BCUT2D eigenvalue weighted by Crippen LogP contribution is -2.31. The molecule has 0 aromatic heterocycles. The minimum Gasteiger partial charge on any atom is -0.335 e. The zero-order chi connectivity index (χ0) is 11.4. The zero-order valence-corrected chi connectivity index (χ0v) is 10.4. The molecule has 1 aromatic rings. The highest BCUT2D eigenvalue weighted by atomic mass is 32.2. The van der Waals surface area contributed by atoms with Gasteiger partial charge in [0.15, 0.2) is 0 Å². The summed E-state index contributed by atoms with van der Waals surface area (Å²) in [5.74, 6) is 0.877. The molecule has 1 unspecified atom stereocenters. The first kappa shape index (κ1) is 11.5. The molecule has 0 spiro atoms. The number of hydrogen-bond acceptors (Lipinski definition) is 2. The fraction of sp³-hybridized carbons (Fsp3) is 0.462. The van der Waals surface area contributed by atoms with Gasteiger partial charge in [-0.1, -0.05) is 30.3 Å². The maximum Gasteiger partial charge on any atom is 0.233 e. The van der Waals surface area contributed by atoms with Crippen molar-refractivity contribution in [3.63, 3.8) is 0 Å². The molecule has 1 aromatic carbocycles. The van der Waals surface area contributed by atoms with E-state index >= 15 is 0 Å². The van der Waals surface area contributed by atoms with Crippen molar-refractivity contribution in [1.82, 2.24) is 4.90 Å². The Morgan fingerprint density at radius 3 is 2.88 bits per heavy atom. The first-order chi connectivity index (χ1) is 7.83. The molecule has 0 saturated carbocycles. The molecule has 2 rings (SSSR count). The molecule has 86 valence electrons. The molecule has 1 atom stereocenters. The van der Waals surface area contributed by atoms with Gasteiger partial charge in [0, 0.05) is 6.54 Å². The third kappa shape index (κ3) is 2.40. The van der Waals surface area contributed by atoms with Crippen LogP contribution in [0.2, 0.25) is 0 Å². The first-order valence-corrected chi connectivity index (χ1v) is 7.05. The minimum atomic E-state index is 0.277. The van der Waals surface area contributed by atoms with E-state index in [9.17, 15) is 4.79 Å². The maximum absolute atomic E-state index is 11.9. The molecule has 2 nitrogen and oxygen atoms in total. The number of amides is 1. The predicted molar refractivity (Wildman–Crippen MR) is 68.5 cm³/mol. The summed E-state index contributed by atoms with van der Waals surface area (Å²) in [6, 6.07) is 10.7. The van der Waals surface area contributed by atoms with Gasteiger partial charge in [-0.2, -0.15) is 11.8 Å². The lowest BCUT2D eigenvalue weighted by molar-refractivity contribution is -0.129. The maximum atomic E-state index is 11.9. The van der Waals surface area contributed by atoms with Gasteiger partial charge in [0.2, 0.25) is 5.91 Å². The fourth-order valence-electron chi connectivity index (χ4n) is 2.29. The Hall–Kier alpha value is -0.960. The van der Waals surface area contributed by atoms with Crippen molar-refractivity contribution in [2.24, 2.45) is 0 Å². The van der Waals surface area contributed by atoms with Gasteiger partial charge in [0.1, 0.15) is 0 Å². The van der Waals surface area contributed by atoms with Crippen LogP contribution in [0.15, 0.2) is 30.3 Å². The molecule has 1 aliphatic rings. The van der Waals surface area contributed by atoms with Crippen LogP contribution < -0.4 is 0 Å². The number of likely N-dealkylation sites (tertiary alicyclic amines) is 1. The number of rotatable bonds is 3. The molecule has 1 fully saturated rings. The van der Waals surface area contributed by atoms with E-state index in [0.717, 1.165) is 19.4 Å². The number of carbonyl (C=O) groups excluding carboxylic acids is 1. The van der Waals surface area contributed by atoms with Crippen LogP contribution in [-0.2, 0) is 4.79 Å². The van der Waals surface area contributed by atoms with E-state index in [1.165, 1.54) is 5.56 Å². The second kappa shape index (κ2) is 5.39. The zero-order valence-electron chi connectivity index (χ0n) is 9.56. The molecule has 1 saturated heterocycles. The summed E-state index contributed by atoms with van der Waals surface area (Å²) >= 11 is 1.60. The van der Waals surface area contributed by atoms with Gasteiger partial charge in [-0.05, 0) is 24.7 Å². The molecule has 0 aliphatic carbocycles. The molecule has 1 aliphatic heterocycles. The largest absolute Gasteiger partial charge is 0.335 e. The molecule has 0 radical (unpaired) electrons. The highest BCUT2D eigenvalue weighted by molar-refractivity contribution is 7.99. The Balaban J connectivity index is 2.12. The average molecular weight is 235 g/mol. The fourth-order valence-corrected chi connectivity index (χ4v) is 2.71. The average Bonchev–Trinajstić information content (AvgIpc) is 2.79. The number of nitrogens with zero attached hydrogens (tertiary/aromatic N) is 1. The standard InChI is InChI=1S/C13H17NOS/c1-16-10-13(15)14-9-5-8-12(14)11-6-3-2-4-7-11/h2-4,6-7,12H,5,8-10H2,1H3. The van der Waals surface area contributed by atoms with E-state index in [-0.39, 0.29) is 5.91 Å². The second-order valence-electron chi connectivity index (χ2n) is 4.09. The predicted octanol–water partition coefficient (Wildman–Crippen LogP) is 2.71. The normalized spacial score (nSPS) is 20.1. The van der Waals surface area contributed by atoms with Gasteiger partial charge in [-0.25, -0.2) is 0 Å². The monoisotopic (exact) mass is 235 g/mol. The highest BCUT2D eigenvalue weighted by Gasteiger charge is 2.28. The summed E-state index contributed by atoms with van der Waals surface area (Å²) in [6.07, 6.45) is 4.20. The molecule has 16 heavy (non-hydrogen) atoms. The SMILES string of the molecule is CSCC(=O)N1CCCC1c1ccccc1. The lowest BCUT2D eigenvalue weighted by atomic mass is 10.0. The molecular formula is C13H17NOS. The van der Waals surface area contributed by atoms with Crippen LogP contribution in [0.4, 0.5) is 0 Å². The molecular weight excluding hydrogens is 218 g/mol. The van der Waals surface area contributed by atoms with Crippen molar-refractivity contribution < 1.29 is 4.79 Å². The minimum absolute atomic E-state index is 0.277. The smallest absolute Gasteiger partial charge is 0.233 e. The van der Waals surface area contributed by atoms with Crippen molar-refractivity contribution in [2.75, 3.05) is 18.6 Å². The van der Waals surface area contributed by atoms with Crippen molar-refractivity contribution in [1.29, 1.82) is 0 Å². The number of carbonyl (C=O) groups is 1. The van der Waals surface area contributed by atoms with Crippen LogP contribution in [-0.4, -0.2) is 29.4 Å². The third-order valence-electron chi connectivity index (χ3n) is 3.03. The molecule has 1 amide bonds. The quantitative estimate of drug-likeness (QED) is 0.803. The van der Waals surface area contributed by atoms with E-state index < -0.39 is 0 Å². The second-order valence-corrected chi connectivity index (χ2v) is 4.95. The van der Waals surface area contributed by atoms with E-state index in [0.29, 0.717) is 11.8 Å². The first-order valence-electron chi connectivity index (χ1n) is 5.66. The van der Waals surface area contributed by atoms with Crippen molar-refractivity contribution >= 4 is 17.7 Å². The van der Waals surface area contributed by atoms with Crippen LogP contribution >= 0.6 is 11.8 Å². The molecule has 0 N–H and O–H groups in total. The van der Waals surface area contributed by atoms with E-state index in [2.05, 4.69) is 12.1 Å². The van der Waals surface area contributed by atoms with Gasteiger partial charge >= 0.3 is 0 Å². The van der Waals surface area contributed by atoms with Crippen LogP contribution in [0.1, 0.15) is 24.4 Å². The Labute approximate surface area is 101 Å². The molecule has 0 bridgehead atoms. The summed E-state index contributed by atoms with van der Waals surface area (Å²) in [5.41, 5.74) is 1.27. The van der Waals surface area contributed by atoms with Gasteiger partial charge in [0.25, 0.3) is 0 Å². The van der Waals surface area contributed by atoms with Crippen LogP contribution in [0, 0.1) is 0 Å². The van der Waals surface area contributed by atoms with Crippen LogP contribution in [0.3, 0.4) is 0 Å². The summed E-state index contributed by atoms with van der Waals surface area (Å²) < 4.78 is 0. The summed E-state index contributed by atoms with van der Waals surface area (Å²) in [7, 11) is 0. The topological polar surface area (TPSA) is 20.3 Å². The van der Waals surface area contributed by atoms with Crippen LogP contribution in [0.25, 0.3) is 0 Å².